The molecular formula is C44H52N2O17S5. The van der Waals surface area contributed by atoms with E-state index >= 15 is 0 Å². The lowest BCUT2D eigenvalue weighted by molar-refractivity contribution is -0.437. The van der Waals surface area contributed by atoms with Gasteiger partial charge in [-0.1, -0.05) is 38.0 Å². The molecule has 4 aromatic rings. The summed E-state index contributed by atoms with van der Waals surface area (Å²) in [6.45, 7) is 5.77. The molecule has 0 bridgehead atoms. The lowest BCUT2D eigenvalue weighted by Crippen LogP contribution is -2.32. The van der Waals surface area contributed by atoms with Crippen LogP contribution in [0.4, 0.5) is 11.4 Å². The van der Waals surface area contributed by atoms with E-state index < -0.39 is 88.7 Å². The third-order valence-electron chi connectivity index (χ3n) is 12.7. The minimum absolute atomic E-state index is 0.0208. The topological polar surface area (TPSA) is 318 Å². The maximum atomic E-state index is 12.8. The van der Waals surface area contributed by atoms with Gasteiger partial charge in [0.25, 0.3) is 40.5 Å². The van der Waals surface area contributed by atoms with Crippen LogP contribution in [-0.4, -0.2) is 111 Å². The Hall–Kier alpha value is -4.63. The molecule has 4 aromatic carbocycles. The van der Waals surface area contributed by atoms with Crippen LogP contribution in [0, 0.1) is 0 Å². The Bertz CT molecular complexity index is 3390. The molecule has 2 aliphatic heterocycles. The lowest BCUT2D eigenvalue weighted by atomic mass is 9.74. The monoisotopic (exact) mass is 1040 g/mol. The number of anilines is 1. The summed E-state index contributed by atoms with van der Waals surface area (Å²) in [4.78, 5) is 11.1. The first-order chi connectivity index (χ1) is 31.4. The second-order valence-corrected chi connectivity index (χ2v) is 24.8. The quantitative estimate of drug-likeness (QED) is 0.0344. The molecule has 2 heterocycles. The number of unbranched alkanes of at least 4 members (excludes halogenated alkanes) is 2. The summed E-state index contributed by atoms with van der Waals surface area (Å²) in [6.07, 6.45) is 6.85. The number of nitrogens with zero attached hydrogens (tertiary/aromatic N) is 2. The highest BCUT2D eigenvalue weighted by Gasteiger charge is 2.49. The molecule has 6 rings (SSSR count). The summed E-state index contributed by atoms with van der Waals surface area (Å²) in [6, 6.07) is 12.3. The normalized spacial score (nSPS) is 19.8. The Labute approximate surface area is 395 Å². The van der Waals surface area contributed by atoms with Crippen LogP contribution >= 0.6 is 0 Å². The van der Waals surface area contributed by atoms with Crippen molar-refractivity contribution in [2.24, 2.45) is 0 Å². The largest absolute Gasteiger partial charge is 0.748 e. The van der Waals surface area contributed by atoms with E-state index in [1.807, 2.05) is 23.3 Å². The summed E-state index contributed by atoms with van der Waals surface area (Å²) in [5.74, 6) is -2.40. The number of benzene rings is 4. The van der Waals surface area contributed by atoms with Crippen LogP contribution in [0.5, 0.6) is 0 Å². The predicted octanol–water partition coefficient (Wildman–Crippen LogP) is 6.36. The SMILES string of the molecule is CCCC1(C)C(/C=C/C=C2/N(CCCCCC(=O)O)c3ccc4c(S(=O)(=O)O)cc(S(=O)(=O)O)cc4c3C2(C)CCCS(=O)(=O)O)=[N+](CCCS(=O)(=O)[O-])c2ccc3ccc(S(=O)(=O)O)cc3c21. The second kappa shape index (κ2) is 19.3. The highest BCUT2D eigenvalue weighted by atomic mass is 32.2. The number of hydrogen-bond acceptors (Lipinski definition) is 13. The lowest BCUT2D eigenvalue weighted by Gasteiger charge is -2.31. The highest BCUT2D eigenvalue weighted by molar-refractivity contribution is 7.87. The Kier molecular flexibility index (Phi) is 15.0. The maximum absolute atomic E-state index is 12.8. The van der Waals surface area contributed by atoms with E-state index in [2.05, 4.69) is 0 Å². The van der Waals surface area contributed by atoms with E-state index in [0.29, 0.717) is 77.3 Å². The number of carboxylic acids is 1. The van der Waals surface area contributed by atoms with E-state index in [4.69, 9.17) is 0 Å². The van der Waals surface area contributed by atoms with E-state index in [1.54, 1.807) is 49.4 Å². The van der Waals surface area contributed by atoms with Gasteiger partial charge in [-0.25, -0.2) is 8.42 Å². The number of allylic oxidation sites excluding steroid dienone is 4. The first kappa shape index (κ1) is 52.7. The van der Waals surface area contributed by atoms with Gasteiger partial charge in [0.1, 0.15) is 11.4 Å². The molecule has 0 saturated heterocycles. The number of carbonyl (C=O) groups is 1. The van der Waals surface area contributed by atoms with Crippen molar-refractivity contribution in [3.05, 3.63) is 89.6 Å². The number of hydrogen-bond donors (Lipinski definition) is 5. The van der Waals surface area contributed by atoms with Gasteiger partial charge in [0, 0.05) is 65.0 Å². The van der Waals surface area contributed by atoms with Gasteiger partial charge in [0.2, 0.25) is 5.69 Å². The Morgan fingerprint density at radius 2 is 1.37 bits per heavy atom. The average molecular weight is 1040 g/mol. The van der Waals surface area contributed by atoms with Crippen molar-refractivity contribution >= 4 is 95.2 Å². The molecular weight excluding hydrogens is 989 g/mol. The van der Waals surface area contributed by atoms with Gasteiger partial charge in [-0.15, -0.1) is 0 Å². The third kappa shape index (κ3) is 11.2. The zero-order valence-corrected chi connectivity index (χ0v) is 41.3. The maximum Gasteiger partial charge on any atom is 0.303 e. The van der Waals surface area contributed by atoms with Gasteiger partial charge in [-0.3, -0.25) is 23.0 Å². The fourth-order valence-corrected chi connectivity index (χ4v) is 12.7. The fourth-order valence-electron chi connectivity index (χ4n) is 9.89. The molecule has 2 unspecified atom stereocenters. The van der Waals surface area contributed by atoms with Gasteiger partial charge in [-0.2, -0.15) is 38.2 Å². The molecule has 0 amide bonds. The zero-order chi connectivity index (χ0) is 50.4. The van der Waals surface area contributed by atoms with Gasteiger partial charge in [0.15, 0.2) is 5.71 Å². The third-order valence-corrected chi connectivity index (χ3v) is 16.8. The molecule has 19 nitrogen and oxygen atoms in total. The van der Waals surface area contributed by atoms with Gasteiger partial charge in [0.05, 0.1) is 31.1 Å². The molecule has 0 saturated carbocycles. The molecule has 0 aliphatic carbocycles. The Morgan fingerprint density at radius 3 is 1.97 bits per heavy atom. The van der Waals surface area contributed by atoms with Crippen LogP contribution in [0.1, 0.15) is 89.7 Å². The molecule has 2 atom stereocenters. The molecule has 0 spiro atoms. The van der Waals surface area contributed by atoms with Crippen molar-refractivity contribution in [2.45, 2.75) is 104 Å². The molecule has 68 heavy (non-hydrogen) atoms. The molecule has 5 N–H and O–H groups in total. The number of carboxylic acid groups (broad SMARTS) is 1. The molecule has 0 fully saturated rings. The highest BCUT2D eigenvalue weighted by Crippen LogP contribution is 2.54. The fraction of sp³-hybridized carbons (Fsp3) is 0.409. The Balaban J connectivity index is 1.64. The molecule has 0 radical (unpaired) electrons. The first-order valence-electron chi connectivity index (χ1n) is 21.4. The van der Waals surface area contributed by atoms with Gasteiger partial charge < -0.3 is 14.6 Å². The number of fused-ring (bicyclic) bond motifs is 6. The van der Waals surface area contributed by atoms with Crippen molar-refractivity contribution in [2.75, 3.05) is 29.5 Å². The molecule has 24 heteroatoms. The second-order valence-electron chi connectivity index (χ2n) is 17.5. The first-order valence-corrected chi connectivity index (χ1v) is 28.9. The van der Waals surface area contributed by atoms with Crippen molar-refractivity contribution in [3.8, 4) is 0 Å². The smallest absolute Gasteiger partial charge is 0.303 e. The molecule has 2 aliphatic rings. The minimum atomic E-state index is -5.14. The number of aliphatic carboxylic acids is 1. The van der Waals surface area contributed by atoms with Crippen molar-refractivity contribution in [1.82, 2.24) is 0 Å². The van der Waals surface area contributed by atoms with Crippen molar-refractivity contribution < 1.29 is 79.3 Å². The summed E-state index contributed by atoms with van der Waals surface area (Å²) in [7, 11) is -24.1. The van der Waals surface area contributed by atoms with Crippen LogP contribution in [-0.2, 0) is 66.2 Å². The van der Waals surface area contributed by atoms with Gasteiger partial charge >= 0.3 is 5.97 Å². The van der Waals surface area contributed by atoms with Crippen LogP contribution in [0.3, 0.4) is 0 Å². The minimum Gasteiger partial charge on any atom is -0.748 e. The number of rotatable bonds is 21. The van der Waals surface area contributed by atoms with Crippen LogP contribution < -0.4 is 4.90 Å². The van der Waals surface area contributed by atoms with Gasteiger partial charge in [-0.05, 0) is 110 Å². The summed E-state index contributed by atoms with van der Waals surface area (Å²) < 4.78 is 177. The summed E-state index contributed by atoms with van der Waals surface area (Å²) in [5.41, 5.74) is 0.698. The van der Waals surface area contributed by atoms with E-state index in [9.17, 15) is 74.8 Å². The summed E-state index contributed by atoms with van der Waals surface area (Å²) in [5, 5.41) is 10.3. The van der Waals surface area contributed by atoms with E-state index in [0.717, 1.165) is 6.07 Å². The van der Waals surface area contributed by atoms with Crippen LogP contribution in [0.15, 0.2) is 93.2 Å². The molecule has 370 valence electrons. The van der Waals surface area contributed by atoms with Crippen molar-refractivity contribution in [1.29, 1.82) is 0 Å². The summed E-state index contributed by atoms with van der Waals surface area (Å²) >= 11 is 0. The standard InChI is InChI=1S/C44H52N2O17S5/c1-4-20-43(2)38(46(23-10-25-65(52,53)54)35-18-15-29-14-16-30(66(55,56)57)26-33(29)41(35)43)11-8-12-39-44(3,21-9-24-64(49,50)51)42-34-27-31(67(58,59)60)28-37(68(61,62)63)32(34)17-19-36(42)45(39)22-7-5-6-13-40(47)48/h8,11-12,14-19,26-28H,4-7,9-10,13,20-25H2,1-3H3,(H5-,47,48,49,50,51,52,53,54,55,56,57,58,59,60,61,62,63). The Morgan fingerprint density at radius 1 is 0.706 bits per heavy atom. The molecule has 0 aromatic heterocycles. The predicted molar refractivity (Wildman–Crippen MR) is 252 cm³/mol. The van der Waals surface area contributed by atoms with Crippen LogP contribution in [0.25, 0.3) is 21.5 Å². The van der Waals surface area contributed by atoms with Crippen molar-refractivity contribution in [3.63, 3.8) is 0 Å². The van der Waals surface area contributed by atoms with E-state index in [-0.39, 0.29) is 60.0 Å². The van der Waals surface area contributed by atoms with E-state index in [1.165, 1.54) is 18.2 Å². The zero-order valence-electron chi connectivity index (χ0n) is 37.2. The van der Waals surface area contributed by atoms with Crippen LogP contribution in [0.2, 0.25) is 0 Å². The average Bonchev–Trinajstić information content (AvgIpc) is 3.58.